The topological polar surface area (TPSA) is 47.4 Å². The van der Waals surface area contributed by atoms with Gasteiger partial charge in [-0.05, 0) is 53.5 Å². The fraction of sp³-hybridized carbons (Fsp3) is 0.810. The largest absolute Gasteiger partial charge is 0.444 e. The Bertz CT molecular complexity index is 573. The molecule has 1 aliphatic heterocycles. The SMILES string of the molecule is CC.CCC.Cc1cc(C)n(C2CC3(C2)CN(C(=O)OC(C)(C)C)C3)n1. The Morgan fingerprint density at radius 3 is 2.12 bits per heavy atom. The Kier molecular flexibility index (Phi) is 7.72. The summed E-state index contributed by atoms with van der Waals surface area (Å²) in [6, 6.07) is 2.62. The second-order valence-electron chi connectivity index (χ2n) is 8.48. The Morgan fingerprint density at radius 1 is 1.23 bits per heavy atom. The number of likely N-dealkylation sites (tertiary alicyclic amines) is 1. The summed E-state index contributed by atoms with van der Waals surface area (Å²) in [5.74, 6) is 0. The normalized spacial score (nSPS) is 18.0. The van der Waals surface area contributed by atoms with E-state index in [4.69, 9.17) is 4.74 Å². The number of carbonyl (C=O) groups excluding carboxylic acids is 1. The molecule has 1 amide bonds. The monoisotopic (exact) mass is 365 g/mol. The van der Waals surface area contributed by atoms with Crippen molar-refractivity contribution >= 4 is 6.09 Å². The van der Waals surface area contributed by atoms with Gasteiger partial charge in [0.1, 0.15) is 5.60 Å². The fourth-order valence-corrected chi connectivity index (χ4v) is 3.61. The van der Waals surface area contributed by atoms with Gasteiger partial charge in [0.25, 0.3) is 0 Å². The first-order valence-corrected chi connectivity index (χ1v) is 10.1. The smallest absolute Gasteiger partial charge is 0.410 e. The van der Waals surface area contributed by atoms with Crippen molar-refractivity contribution in [3.8, 4) is 0 Å². The summed E-state index contributed by atoms with van der Waals surface area (Å²) in [5.41, 5.74) is 2.22. The zero-order chi connectivity index (χ0) is 20.1. The van der Waals surface area contributed by atoms with Crippen molar-refractivity contribution in [2.75, 3.05) is 13.1 Å². The van der Waals surface area contributed by atoms with E-state index in [0.29, 0.717) is 11.5 Å². The van der Waals surface area contributed by atoms with Crippen LogP contribution in [0.15, 0.2) is 6.07 Å². The molecule has 26 heavy (non-hydrogen) atoms. The number of hydrogen-bond acceptors (Lipinski definition) is 3. The van der Waals surface area contributed by atoms with Gasteiger partial charge in [0.2, 0.25) is 0 Å². The molecule has 1 aromatic heterocycles. The van der Waals surface area contributed by atoms with Crippen LogP contribution in [0.25, 0.3) is 0 Å². The van der Waals surface area contributed by atoms with E-state index in [9.17, 15) is 4.79 Å². The van der Waals surface area contributed by atoms with Crippen molar-refractivity contribution in [2.24, 2.45) is 5.41 Å². The first kappa shape index (κ1) is 22.5. The molecule has 1 aliphatic carbocycles. The van der Waals surface area contributed by atoms with E-state index < -0.39 is 5.60 Å². The molecular formula is C21H39N3O2. The van der Waals surface area contributed by atoms with Crippen molar-refractivity contribution in [3.63, 3.8) is 0 Å². The zero-order valence-corrected chi connectivity index (χ0v) is 18.3. The van der Waals surface area contributed by atoms with Crippen LogP contribution in [0.2, 0.25) is 0 Å². The minimum atomic E-state index is -0.411. The number of ether oxygens (including phenoxy) is 1. The Hall–Kier alpha value is -1.52. The molecule has 1 saturated heterocycles. The summed E-state index contributed by atoms with van der Waals surface area (Å²) in [4.78, 5) is 13.8. The third kappa shape index (κ3) is 5.49. The molecule has 0 radical (unpaired) electrons. The number of rotatable bonds is 1. The van der Waals surface area contributed by atoms with Gasteiger partial charge in [-0.2, -0.15) is 5.10 Å². The van der Waals surface area contributed by atoms with Crippen LogP contribution in [0.1, 0.15) is 85.2 Å². The average molecular weight is 366 g/mol. The van der Waals surface area contributed by atoms with Crippen molar-refractivity contribution in [1.82, 2.24) is 14.7 Å². The number of carbonyl (C=O) groups is 1. The van der Waals surface area contributed by atoms with Crippen molar-refractivity contribution in [1.29, 1.82) is 0 Å². The summed E-state index contributed by atoms with van der Waals surface area (Å²) in [6.07, 6.45) is 3.31. The molecule has 5 nitrogen and oxygen atoms in total. The maximum Gasteiger partial charge on any atom is 0.410 e. The third-order valence-electron chi connectivity index (χ3n) is 4.43. The molecule has 2 heterocycles. The summed E-state index contributed by atoms with van der Waals surface area (Å²) in [5, 5.41) is 4.57. The molecule has 3 rings (SSSR count). The molecule has 2 fully saturated rings. The highest BCUT2D eigenvalue weighted by atomic mass is 16.6. The van der Waals surface area contributed by atoms with Crippen LogP contribution in [0, 0.1) is 19.3 Å². The van der Waals surface area contributed by atoms with Gasteiger partial charge in [0.05, 0.1) is 11.7 Å². The van der Waals surface area contributed by atoms with E-state index in [1.54, 1.807) is 0 Å². The lowest BCUT2D eigenvalue weighted by Gasteiger charge is -2.58. The first-order valence-electron chi connectivity index (χ1n) is 10.1. The van der Waals surface area contributed by atoms with Gasteiger partial charge in [0.15, 0.2) is 0 Å². The lowest BCUT2D eigenvalue weighted by atomic mass is 9.61. The third-order valence-corrected chi connectivity index (χ3v) is 4.43. The van der Waals surface area contributed by atoms with Gasteiger partial charge in [-0.1, -0.05) is 34.1 Å². The van der Waals surface area contributed by atoms with Crippen LogP contribution < -0.4 is 0 Å². The minimum absolute atomic E-state index is 0.178. The number of nitrogens with zero attached hydrogens (tertiary/aromatic N) is 3. The fourth-order valence-electron chi connectivity index (χ4n) is 3.61. The van der Waals surface area contributed by atoms with Gasteiger partial charge in [-0.15, -0.1) is 0 Å². The second-order valence-corrected chi connectivity index (χ2v) is 8.48. The molecule has 5 heteroatoms. The Morgan fingerprint density at radius 2 is 1.73 bits per heavy atom. The van der Waals surface area contributed by atoms with Gasteiger partial charge in [0, 0.05) is 24.2 Å². The van der Waals surface area contributed by atoms with E-state index in [0.717, 1.165) is 31.6 Å². The van der Waals surface area contributed by atoms with Crippen LogP contribution in [0.4, 0.5) is 4.79 Å². The molecule has 0 N–H and O–H groups in total. The van der Waals surface area contributed by atoms with E-state index in [-0.39, 0.29) is 6.09 Å². The summed E-state index contributed by atoms with van der Waals surface area (Å²) >= 11 is 0. The summed E-state index contributed by atoms with van der Waals surface area (Å²) in [6.45, 7) is 19.8. The van der Waals surface area contributed by atoms with Crippen LogP contribution in [0.3, 0.4) is 0 Å². The highest BCUT2D eigenvalue weighted by Gasteiger charge is 2.55. The van der Waals surface area contributed by atoms with Gasteiger partial charge >= 0.3 is 6.09 Å². The van der Waals surface area contributed by atoms with Gasteiger partial charge in [-0.25, -0.2) is 4.79 Å². The Labute approximate surface area is 160 Å². The summed E-state index contributed by atoms with van der Waals surface area (Å²) in [7, 11) is 0. The highest BCUT2D eigenvalue weighted by molar-refractivity contribution is 5.69. The predicted octanol–water partition coefficient (Wildman–Crippen LogP) is 5.51. The van der Waals surface area contributed by atoms with E-state index in [2.05, 4.69) is 36.6 Å². The standard InChI is InChI=1S/C16H25N3O2.C3H8.C2H6/c1-11-6-12(2)19(17-11)13-7-16(8-13)9-18(10-16)14(20)21-15(3,4)5;1-3-2;1-2/h6,13H,7-10H2,1-5H3;3H2,1-2H3;1-2H3. The van der Waals surface area contributed by atoms with Crippen LogP contribution >= 0.6 is 0 Å². The molecule has 1 spiro atoms. The maximum atomic E-state index is 12.0. The molecule has 1 saturated carbocycles. The lowest BCUT2D eigenvalue weighted by Crippen LogP contribution is -2.64. The first-order chi connectivity index (χ1) is 12.1. The predicted molar refractivity (Wildman–Crippen MR) is 108 cm³/mol. The van der Waals surface area contributed by atoms with Gasteiger partial charge in [-0.3, -0.25) is 4.68 Å². The minimum Gasteiger partial charge on any atom is -0.444 e. The molecule has 2 aliphatic rings. The molecule has 1 aromatic rings. The van der Waals surface area contributed by atoms with Crippen LogP contribution in [0.5, 0.6) is 0 Å². The highest BCUT2D eigenvalue weighted by Crippen LogP contribution is 2.54. The van der Waals surface area contributed by atoms with Crippen molar-refractivity contribution in [3.05, 3.63) is 17.5 Å². The number of aryl methyl sites for hydroxylation is 2. The van der Waals surface area contributed by atoms with Crippen LogP contribution in [-0.4, -0.2) is 39.5 Å². The molecule has 0 bridgehead atoms. The maximum absolute atomic E-state index is 12.0. The van der Waals surface area contributed by atoms with Crippen LogP contribution in [-0.2, 0) is 4.74 Å². The van der Waals surface area contributed by atoms with E-state index >= 15 is 0 Å². The second kappa shape index (κ2) is 8.92. The molecule has 0 aromatic carbocycles. The summed E-state index contributed by atoms with van der Waals surface area (Å²) < 4.78 is 7.56. The van der Waals surface area contributed by atoms with Crippen molar-refractivity contribution < 1.29 is 9.53 Å². The average Bonchev–Trinajstić information content (AvgIpc) is 2.76. The van der Waals surface area contributed by atoms with E-state index in [1.807, 2.05) is 46.4 Å². The van der Waals surface area contributed by atoms with Crippen molar-refractivity contribution in [2.45, 2.75) is 93.2 Å². The number of amides is 1. The van der Waals surface area contributed by atoms with Gasteiger partial charge < -0.3 is 9.64 Å². The molecule has 150 valence electrons. The quantitative estimate of drug-likeness (QED) is 0.659. The number of hydrogen-bond donors (Lipinski definition) is 0. The Balaban J connectivity index is 0.000000615. The molecular weight excluding hydrogens is 326 g/mol. The lowest BCUT2D eigenvalue weighted by molar-refractivity contribution is -0.0931. The number of aromatic nitrogens is 2. The zero-order valence-electron chi connectivity index (χ0n) is 18.3. The van der Waals surface area contributed by atoms with E-state index in [1.165, 1.54) is 12.1 Å². The molecule has 0 unspecified atom stereocenters. The molecule has 0 atom stereocenters.